The Hall–Kier alpha value is -2.47. The topological polar surface area (TPSA) is 56.5 Å². The number of benzene rings is 2. The van der Waals surface area contributed by atoms with Crippen LogP contribution in [0.4, 0.5) is 0 Å². The number of rotatable bonds is 3. The lowest BCUT2D eigenvalue weighted by Crippen LogP contribution is -2.20. The molecule has 3 aromatic rings. The van der Waals surface area contributed by atoms with Crippen molar-refractivity contribution in [1.82, 2.24) is 9.66 Å². The minimum atomic E-state index is -0.183. The van der Waals surface area contributed by atoms with Gasteiger partial charge in [-0.3, -0.25) is 4.79 Å². The van der Waals surface area contributed by atoms with Gasteiger partial charge in [-0.15, -0.1) is 0 Å². The molecule has 0 unspecified atom stereocenters. The highest BCUT2D eigenvalue weighted by atomic mass is 79.9. The molecule has 0 amide bonds. The molecule has 1 heterocycles. The molecular weight excluding hydrogens is 358 g/mol. The van der Waals surface area contributed by atoms with Gasteiger partial charge < -0.3 is 4.74 Å². The van der Waals surface area contributed by atoms with E-state index in [0.717, 1.165) is 15.8 Å². The van der Waals surface area contributed by atoms with E-state index >= 15 is 0 Å². The van der Waals surface area contributed by atoms with Gasteiger partial charge >= 0.3 is 0 Å². The quantitative estimate of drug-likeness (QED) is 0.663. The molecule has 5 nitrogen and oxygen atoms in total. The van der Waals surface area contributed by atoms with E-state index in [1.165, 1.54) is 4.68 Å². The molecule has 1 aromatic heterocycles. The Morgan fingerprint density at radius 3 is 2.78 bits per heavy atom. The van der Waals surface area contributed by atoms with Gasteiger partial charge in [-0.2, -0.15) is 9.78 Å². The summed E-state index contributed by atoms with van der Waals surface area (Å²) in [6.45, 7) is 1.76. The molecule has 0 N–H and O–H groups in total. The lowest BCUT2D eigenvalue weighted by Gasteiger charge is -2.06. The van der Waals surface area contributed by atoms with Gasteiger partial charge in [-0.05, 0) is 58.7 Å². The molecule has 0 saturated heterocycles. The Labute approximate surface area is 141 Å². The van der Waals surface area contributed by atoms with E-state index in [2.05, 4.69) is 26.0 Å². The molecule has 0 spiro atoms. The van der Waals surface area contributed by atoms with Crippen molar-refractivity contribution in [2.75, 3.05) is 7.11 Å². The van der Waals surface area contributed by atoms with Crippen LogP contribution in [0.25, 0.3) is 10.9 Å². The first-order chi connectivity index (χ1) is 11.1. The summed E-state index contributed by atoms with van der Waals surface area (Å²) in [7, 11) is 1.61. The number of nitrogens with zero attached hydrogens (tertiary/aromatic N) is 3. The van der Waals surface area contributed by atoms with Crippen molar-refractivity contribution < 1.29 is 4.74 Å². The maximum atomic E-state index is 12.5. The summed E-state index contributed by atoms with van der Waals surface area (Å²) in [6.07, 6.45) is 1.62. The van der Waals surface area contributed by atoms with E-state index in [1.54, 1.807) is 26.3 Å². The smallest absolute Gasteiger partial charge is 0.282 e. The monoisotopic (exact) mass is 371 g/mol. The second-order valence-corrected chi connectivity index (χ2v) is 5.79. The number of methoxy groups -OCH3 is 1. The lowest BCUT2D eigenvalue weighted by molar-refractivity contribution is 0.412. The maximum Gasteiger partial charge on any atom is 0.282 e. The van der Waals surface area contributed by atoms with Gasteiger partial charge in [0.15, 0.2) is 0 Å². The van der Waals surface area contributed by atoms with Crippen molar-refractivity contribution >= 4 is 33.0 Å². The summed E-state index contributed by atoms with van der Waals surface area (Å²) in [5, 5.41) is 4.82. The first kappa shape index (κ1) is 15.4. The molecule has 0 bridgehead atoms. The molecule has 0 aliphatic carbocycles. The van der Waals surface area contributed by atoms with Crippen LogP contribution in [-0.4, -0.2) is 23.0 Å². The summed E-state index contributed by atoms with van der Waals surface area (Å²) in [6, 6.07) is 12.8. The number of halogens is 1. The van der Waals surface area contributed by atoms with E-state index in [4.69, 9.17) is 4.74 Å². The molecule has 6 heteroatoms. The normalized spacial score (nSPS) is 11.3. The van der Waals surface area contributed by atoms with Crippen LogP contribution in [0.15, 0.2) is 56.8 Å². The minimum absolute atomic E-state index is 0.183. The van der Waals surface area contributed by atoms with Crippen molar-refractivity contribution in [3.63, 3.8) is 0 Å². The summed E-state index contributed by atoms with van der Waals surface area (Å²) in [4.78, 5) is 16.9. The maximum absolute atomic E-state index is 12.5. The van der Waals surface area contributed by atoms with Gasteiger partial charge in [0.05, 0.1) is 28.7 Å². The number of para-hydroxylation sites is 1. The lowest BCUT2D eigenvalue weighted by atomic mass is 10.2. The number of ether oxygens (including phenoxy) is 1. The molecule has 0 fully saturated rings. The molecule has 0 saturated carbocycles. The Balaban J connectivity index is 2.04. The molecule has 0 atom stereocenters. The highest BCUT2D eigenvalue weighted by molar-refractivity contribution is 9.10. The first-order valence-electron chi connectivity index (χ1n) is 6.96. The van der Waals surface area contributed by atoms with Gasteiger partial charge in [-0.25, -0.2) is 4.98 Å². The van der Waals surface area contributed by atoms with Crippen molar-refractivity contribution in [2.45, 2.75) is 6.92 Å². The average Bonchev–Trinajstić information content (AvgIpc) is 2.55. The second-order valence-electron chi connectivity index (χ2n) is 4.93. The largest absolute Gasteiger partial charge is 0.496 e. The molecule has 0 aliphatic heterocycles. The highest BCUT2D eigenvalue weighted by Crippen LogP contribution is 2.24. The number of fused-ring (bicyclic) bond motifs is 1. The Morgan fingerprint density at radius 1 is 1.26 bits per heavy atom. The van der Waals surface area contributed by atoms with Crippen molar-refractivity contribution in [3.05, 3.63) is 68.7 Å². The van der Waals surface area contributed by atoms with Gasteiger partial charge in [-0.1, -0.05) is 12.1 Å². The second kappa shape index (κ2) is 6.34. The summed E-state index contributed by atoms with van der Waals surface area (Å²) in [5.74, 6) is 1.28. The van der Waals surface area contributed by atoms with Gasteiger partial charge in [0.2, 0.25) is 0 Å². The highest BCUT2D eigenvalue weighted by Gasteiger charge is 2.06. The summed E-state index contributed by atoms with van der Waals surface area (Å²) in [5.41, 5.74) is 1.34. The molecule has 116 valence electrons. The van der Waals surface area contributed by atoms with Gasteiger partial charge in [0.1, 0.15) is 11.6 Å². The fourth-order valence-corrected chi connectivity index (χ4v) is 2.82. The van der Waals surface area contributed by atoms with Crippen LogP contribution in [0, 0.1) is 6.92 Å². The van der Waals surface area contributed by atoms with Crippen molar-refractivity contribution in [2.24, 2.45) is 5.10 Å². The zero-order chi connectivity index (χ0) is 16.4. The minimum Gasteiger partial charge on any atom is -0.496 e. The molecule has 3 rings (SSSR count). The Kier molecular flexibility index (Phi) is 4.25. The predicted molar refractivity (Wildman–Crippen MR) is 94.4 cm³/mol. The van der Waals surface area contributed by atoms with Crippen LogP contribution in [0.5, 0.6) is 5.75 Å². The van der Waals surface area contributed by atoms with E-state index in [-0.39, 0.29) is 5.56 Å². The number of hydrogen-bond donors (Lipinski definition) is 0. The Bertz CT molecular complexity index is 964. The summed E-state index contributed by atoms with van der Waals surface area (Å²) >= 11 is 3.43. The predicted octanol–water partition coefficient (Wildman–Crippen LogP) is 3.36. The van der Waals surface area contributed by atoms with Crippen LogP contribution in [0.3, 0.4) is 0 Å². The third-order valence-corrected chi connectivity index (χ3v) is 4.03. The van der Waals surface area contributed by atoms with E-state index in [9.17, 15) is 4.79 Å². The molecular formula is C17H14BrN3O2. The van der Waals surface area contributed by atoms with Gasteiger partial charge in [0, 0.05) is 0 Å². The zero-order valence-electron chi connectivity index (χ0n) is 12.7. The molecule has 23 heavy (non-hydrogen) atoms. The molecule has 2 aromatic carbocycles. The number of aryl methyl sites for hydroxylation is 1. The van der Waals surface area contributed by atoms with Crippen molar-refractivity contribution in [3.8, 4) is 5.75 Å². The zero-order valence-corrected chi connectivity index (χ0v) is 14.2. The van der Waals surface area contributed by atoms with Crippen LogP contribution in [-0.2, 0) is 0 Å². The standard InChI is InChI=1S/C17H14BrN3O2/c1-11-20-15-6-4-3-5-13(15)17(22)21(11)19-10-12-7-8-16(23-2)14(18)9-12/h3-10H,1-2H3/b19-10-. The Morgan fingerprint density at radius 2 is 2.04 bits per heavy atom. The van der Waals surface area contributed by atoms with Crippen LogP contribution in [0.2, 0.25) is 0 Å². The van der Waals surface area contributed by atoms with Crippen molar-refractivity contribution in [1.29, 1.82) is 0 Å². The fourth-order valence-electron chi connectivity index (χ4n) is 2.26. The van der Waals surface area contributed by atoms with E-state index < -0.39 is 0 Å². The number of hydrogen-bond acceptors (Lipinski definition) is 4. The average molecular weight is 372 g/mol. The van der Waals surface area contributed by atoms with Crippen LogP contribution < -0.4 is 10.3 Å². The molecule has 0 radical (unpaired) electrons. The third-order valence-electron chi connectivity index (χ3n) is 3.41. The summed E-state index contributed by atoms with van der Waals surface area (Å²) < 4.78 is 7.32. The van der Waals surface area contributed by atoms with E-state index in [0.29, 0.717) is 16.7 Å². The number of aromatic nitrogens is 2. The fraction of sp³-hybridized carbons (Fsp3) is 0.118. The SMILES string of the molecule is COc1ccc(/C=N\n2c(C)nc3ccccc3c2=O)cc1Br. The third kappa shape index (κ3) is 3.03. The van der Waals surface area contributed by atoms with Gasteiger partial charge in [0.25, 0.3) is 5.56 Å². The first-order valence-corrected chi connectivity index (χ1v) is 7.76. The van der Waals surface area contributed by atoms with Crippen LogP contribution >= 0.6 is 15.9 Å². The van der Waals surface area contributed by atoms with E-state index in [1.807, 2.05) is 36.4 Å². The molecule has 0 aliphatic rings. The van der Waals surface area contributed by atoms with Crippen LogP contribution in [0.1, 0.15) is 11.4 Å².